The molecular weight excluding hydrogens is 370 g/mol. The fraction of sp³-hybridized carbons (Fsp3) is 0.130. The van der Waals surface area contributed by atoms with Gasteiger partial charge in [0.1, 0.15) is 15.6 Å². The summed E-state index contributed by atoms with van der Waals surface area (Å²) in [5.41, 5.74) is 2.59. The number of nitrogens with zero attached hydrogens (tertiary/aromatic N) is 1. The predicted octanol–water partition coefficient (Wildman–Crippen LogP) is 5.59. The molecule has 1 aromatic heterocycles. The van der Waals surface area contributed by atoms with Crippen molar-refractivity contribution in [3.8, 4) is 16.3 Å². The second kappa shape index (κ2) is 7.82. The number of benzene rings is 3. The van der Waals surface area contributed by atoms with Gasteiger partial charge in [0.15, 0.2) is 0 Å². The number of aromatic carboxylic acids is 1. The minimum absolute atomic E-state index is 0.262. The van der Waals surface area contributed by atoms with Crippen LogP contribution in [0.5, 0.6) is 5.75 Å². The quantitative estimate of drug-likeness (QED) is 0.467. The van der Waals surface area contributed by atoms with Crippen LogP contribution in [0.15, 0.2) is 66.7 Å². The SMILES string of the molecule is Cc1nc(-c2c(OCCc3ccccc3)ccc3ccccc23)sc1C(=O)O. The molecule has 0 bridgehead atoms. The van der Waals surface area contributed by atoms with E-state index < -0.39 is 5.97 Å². The minimum Gasteiger partial charge on any atom is -0.492 e. The van der Waals surface area contributed by atoms with Crippen molar-refractivity contribution < 1.29 is 14.6 Å². The lowest BCUT2D eigenvalue weighted by atomic mass is 10.0. The van der Waals surface area contributed by atoms with Crippen molar-refractivity contribution in [2.24, 2.45) is 0 Å². The first-order valence-corrected chi connectivity index (χ1v) is 9.84. The van der Waals surface area contributed by atoms with Crippen LogP contribution in [-0.4, -0.2) is 22.7 Å². The second-order valence-electron chi connectivity index (χ2n) is 6.48. The molecule has 0 amide bonds. The van der Waals surface area contributed by atoms with E-state index >= 15 is 0 Å². The molecule has 1 heterocycles. The molecular formula is C23H19NO3S. The maximum absolute atomic E-state index is 11.5. The van der Waals surface area contributed by atoms with Gasteiger partial charge < -0.3 is 9.84 Å². The number of hydrogen-bond donors (Lipinski definition) is 1. The first-order chi connectivity index (χ1) is 13.6. The highest BCUT2D eigenvalue weighted by atomic mass is 32.1. The van der Waals surface area contributed by atoms with E-state index in [4.69, 9.17) is 4.74 Å². The Morgan fingerprint density at radius 3 is 2.54 bits per heavy atom. The van der Waals surface area contributed by atoms with E-state index in [-0.39, 0.29) is 4.88 Å². The van der Waals surface area contributed by atoms with Gasteiger partial charge in [-0.1, -0.05) is 60.7 Å². The highest BCUT2D eigenvalue weighted by Crippen LogP contribution is 2.40. The normalized spacial score (nSPS) is 10.9. The number of carboxylic acids is 1. The van der Waals surface area contributed by atoms with Crippen molar-refractivity contribution >= 4 is 28.1 Å². The third kappa shape index (κ3) is 3.62. The number of ether oxygens (including phenoxy) is 1. The summed E-state index contributed by atoms with van der Waals surface area (Å²) in [7, 11) is 0. The van der Waals surface area contributed by atoms with Crippen LogP contribution in [0.3, 0.4) is 0 Å². The van der Waals surface area contributed by atoms with E-state index in [0.29, 0.717) is 17.3 Å². The molecule has 0 fully saturated rings. The molecule has 0 aliphatic carbocycles. The van der Waals surface area contributed by atoms with Crippen molar-refractivity contribution in [3.63, 3.8) is 0 Å². The molecule has 4 rings (SSSR count). The van der Waals surface area contributed by atoms with E-state index in [2.05, 4.69) is 17.1 Å². The lowest BCUT2D eigenvalue weighted by molar-refractivity contribution is 0.0701. The van der Waals surface area contributed by atoms with Gasteiger partial charge in [0, 0.05) is 6.42 Å². The molecule has 5 heteroatoms. The molecule has 4 aromatic rings. The van der Waals surface area contributed by atoms with Crippen molar-refractivity contribution in [2.75, 3.05) is 6.61 Å². The van der Waals surface area contributed by atoms with Crippen molar-refractivity contribution in [3.05, 3.63) is 82.9 Å². The first-order valence-electron chi connectivity index (χ1n) is 9.03. The van der Waals surface area contributed by atoms with Gasteiger partial charge in [-0.2, -0.15) is 0 Å². The zero-order chi connectivity index (χ0) is 19.5. The standard InChI is InChI=1S/C23H19NO3S/c1-15-21(23(25)26)28-22(24-15)20-18-10-6-5-9-17(18)11-12-19(20)27-14-13-16-7-3-2-4-8-16/h2-12H,13-14H2,1H3,(H,25,26). The van der Waals surface area contributed by atoms with Gasteiger partial charge in [-0.25, -0.2) is 9.78 Å². The van der Waals surface area contributed by atoms with Gasteiger partial charge in [0.25, 0.3) is 0 Å². The predicted molar refractivity (Wildman–Crippen MR) is 112 cm³/mol. The molecule has 4 nitrogen and oxygen atoms in total. The van der Waals surface area contributed by atoms with E-state index in [1.165, 1.54) is 16.9 Å². The van der Waals surface area contributed by atoms with Gasteiger partial charge in [0.2, 0.25) is 0 Å². The first kappa shape index (κ1) is 18.2. The Kier molecular flexibility index (Phi) is 5.08. The highest BCUT2D eigenvalue weighted by Gasteiger charge is 2.19. The molecule has 0 spiro atoms. The molecule has 28 heavy (non-hydrogen) atoms. The molecule has 1 N–H and O–H groups in total. The summed E-state index contributed by atoms with van der Waals surface area (Å²) in [6.07, 6.45) is 0.796. The summed E-state index contributed by atoms with van der Waals surface area (Å²) in [5, 5.41) is 12.2. The average molecular weight is 389 g/mol. The van der Waals surface area contributed by atoms with Gasteiger partial charge in [-0.15, -0.1) is 11.3 Å². The Labute approximate surface area is 167 Å². The third-order valence-electron chi connectivity index (χ3n) is 4.59. The largest absolute Gasteiger partial charge is 0.492 e. The van der Waals surface area contributed by atoms with Crippen LogP contribution in [0.1, 0.15) is 20.9 Å². The number of carbonyl (C=O) groups is 1. The second-order valence-corrected chi connectivity index (χ2v) is 7.48. The Hall–Kier alpha value is -3.18. The summed E-state index contributed by atoms with van der Waals surface area (Å²) < 4.78 is 6.13. The van der Waals surface area contributed by atoms with E-state index in [9.17, 15) is 9.90 Å². The topological polar surface area (TPSA) is 59.4 Å². The van der Waals surface area contributed by atoms with Crippen LogP contribution in [-0.2, 0) is 6.42 Å². The van der Waals surface area contributed by atoms with Gasteiger partial charge in [-0.05, 0) is 29.3 Å². The average Bonchev–Trinajstić information content (AvgIpc) is 3.10. The number of rotatable bonds is 6. The number of hydrogen-bond acceptors (Lipinski definition) is 4. The lowest BCUT2D eigenvalue weighted by Crippen LogP contribution is -2.02. The van der Waals surface area contributed by atoms with Gasteiger partial charge in [0.05, 0.1) is 17.9 Å². The zero-order valence-corrected chi connectivity index (χ0v) is 16.2. The molecule has 0 radical (unpaired) electrons. The molecule has 140 valence electrons. The molecule has 0 aliphatic heterocycles. The minimum atomic E-state index is -0.951. The van der Waals surface area contributed by atoms with Crippen LogP contribution in [0.25, 0.3) is 21.3 Å². The number of aryl methyl sites for hydroxylation is 1. The van der Waals surface area contributed by atoms with Crippen molar-refractivity contribution in [2.45, 2.75) is 13.3 Å². The van der Waals surface area contributed by atoms with Crippen LogP contribution in [0, 0.1) is 6.92 Å². The Bertz CT molecular complexity index is 1140. The van der Waals surface area contributed by atoms with Gasteiger partial charge >= 0.3 is 5.97 Å². The summed E-state index contributed by atoms with van der Waals surface area (Å²) >= 11 is 1.19. The van der Waals surface area contributed by atoms with Crippen molar-refractivity contribution in [1.82, 2.24) is 4.98 Å². The fourth-order valence-corrected chi connectivity index (χ4v) is 4.19. The zero-order valence-electron chi connectivity index (χ0n) is 15.4. The van der Waals surface area contributed by atoms with Crippen LogP contribution < -0.4 is 4.74 Å². The smallest absolute Gasteiger partial charge is 0.347 e. The highest BCUT2D eigenvalue weighted by molar-refractivity contribution is 7.17. The number of fused-ring (bicyclic) bond motifs is 1. The molecule has 0 atom stereocenters. The van der Waals surface area contributed by atoms with Crippen molar-refractivity contribution in [1.29, 1.82) is 0 Å². The maximum Gasteiger partial charge on any atom is 0.347 e. The molecule has 0 aliphatic rings. The summed E-state index contributed by atoms with van der Waals surface area (Å²) in [6, 6.07) is 22.2. The van der Waals surface area contributed by atoms with Crippen LogP contribution in [0.4, 0.5) is 0 Å². The van der Waals surface area contributed by atoms with Crippen LogP contribution >= 0.6 is 11.3 Å². The van der Waals surface area contributed by atoms with E-state index in [0.717, 1.165) is 28.5 Å². The maximum atomic E-state index is 11.5. The summed E-state index contributed by atoms with van der Waals surface area (Å²) in [5.74, 6) is -0.228. The summed E-state index contributed by atoms with van der Waals surface area (Å²) in [6.45, 7) is 2.26. The van der Waals surface area contributed by atoms with Gasteiger partial charge in [-0.3, -0.25) is 0 Å². The monoisotopic (exact) mass is 389 g/mol. The van der Waals surface area contributed by atoms with Crippen LogP contribution in [0.2, 0.25) is 0 Å². The molecule has 0 saturated carbocycles. The number of carboxylic acid groups (broad SMARTS) is 1. The number of thiazole rings is 1. The fourth-order valence-electron chi connectivity index (χ4n) is 3.22. The lowest BCUT2D eigenvalue weighted by Gasteiger charge is -2.13. The van der Waals surface area contributed by atoms with E-state index in [1.54, 1.807) is 6.92 Å². The third-order valence-corrected chi connectivity index (χ3v) is 5.75. The molecule has 3 aromatic carbocycles. The molecule has 0 unspecified atom stereocenters. The van der Waals surface area contributed by atoms with E-state index in [1.807, 2.05) is 54.6 Å². The Morgan fingerprint density at radius 1 is 1.04 bits per heavy atom. The Morgan fingerprint density at radius 2 is 1.79 bits per heavy atom. The Balaban J connectivity index is 1.73. The number of aromatic nitrogens is 1. The summed E-state index contributed by atoms with van der Waals surface area (Å²) in [4.78, 5) is 16.3. The molecule has 0 saturated heterocycles.